The van der Waals surface area contributed by atoms with Crippen molar-refractivity contribution in [1.82, 2.24) is 5.32 Å². The number of hydrogen-bond donors (Lipinski definition) is 2. The van der Waals surface area contributed by atoms with Crippen molar-refractivity contribution in [2.75, 3.05) is 19.0 Å². The van der Waals surface area contributed by atoms with Gasteiger partial charge in [-0.1, -0.05) is 0 Å². The summed E-state index contributed by atoms with van der Waals surface area (Å²) in [5.41, 5.74) is 0.181. The van der Waals surface area contributed by atoms with E-state index in [1.807, 2.05) is 0 Å². The van der Waals surface area contributed by atoms with Crippen LogP contribution in [0.5, 0.6) is 0 Å². The second kappa shape index (κ2) is 5.79. The molecular formula is C13H15FN2O3. The molecule has 2 rings (SSSR count). The van der Waals surface area contributed by atoms with E-state index in [9.17, 15) is 14.0 Å². The van der Waals surface area contributed by atoms with E-state index in [-0.39, 0.29) is 17.5 Å². The lowest BCUT2D eigenvalue weighted by atomic mass is 10.1. The third kappa shape index (κ3) is 3.08. The first-order chi connectivity index (χ1) is 9.11. The number of halogens is 1. The number of carbonyl (C=O) groups is 2. The molecule has 1 atom stereocenters. The molecule has 0 aliphatic carbocycles. The van der Waals surface area contributed by atoms with Crippen LogP contribution in [-0.2, 0) is 9.53 Å². The van der Waals surface area contributed by atoms with E-state index in [2.05, 4.69) is 15.4 Å². The van der Waals surface area contributed by atoms with Crippen LogP contribution in [-0.4, -0.2) is 31.6 Å². The van der Waals surface area contributed by atoms with Gasteiger partial charge in [0.1, 0.15) is 5.82 Å². The van der Waals surface area contributed by atoms with E-state index < -0.39 is 11.8 Å². The van der Waals surface area contributed by atoms with Crippen LogP contribution >= 0.6 is 0 Å². The minimum atomic E-state index is -0.771. The number of esters is 1. The van der Waals surface area contributed by atoms with Crippen molar-refractivity contribution >= 4 is 17.6 Å². The minimum absolute atomic E-state index is 0.181. The van der Waals surface area contributed by atoms with E-state index in [4.69, 9.17) is 0 Å². The first-order valence-corrected chi connectivity index (χ1v) is 6.04. The van der Waals surface area contributed by atoms with Gasteiger partial charge in [0.25, 0.3) is 0 Å². The topological polar surface area (TPSA) is 67.4 Å². The van der Waals surface area contributed by atoms with Crippen LogP contribution in [0.2, 0.25) is 0 Å². The van der Waals surface area contributed by atoms with Gasteiger partial charge in [0.15, 0.2) is 0 Å². The maximum Gasteiger partial charge on any atom is 0.340 e. The van der Waals surface area contributed by atoms with Crippen LogP contribution in [0.3, 0.4) is 0 Å². The van der Waals surface area contributed by atoms with E-state index in [1.165, 1.54) is 19.2 Å². The molecule has 6 heteroatoms. The molecule has 1 aromatic carbocycles. The third-order valence-electron chi connectivity index (χ3n) is 3.02. The average Bonchev–Trinajstić information content (AvgIpc) is 2.94. The summed E-state index contributed by atoms with van der Waals surface area (Å²) in [6.45, 7) is 0.814. The van der Waals surface area contributed by atoms with Crippen molar-refractivity contribution < 1.29 is 18.7 Å². The Morgan fingerprint density at radius 2 is 2.26 bits per heavy atom. The predicted octanol–water partition coefficient (Wildman–Crippen LogP) is 1.30. The number of methoxy groups -OCH3 is 1. The van der Waals surface area contributed by atoms with Crippen molar-refractivity contribution in [3.8, 4) is 0 Å². The van der Waals surface area contributed by atoms with Gasteiger partial charge < -0.3 is 15.4 Å². The van der Waals surface area contributed by atoms with Gasteiger partial charge in [-0.25, -0.2) is 9.18 Å². The minimum Gasteiger partial charge on any atom is -0.465 e. The number of rotatable bonds is 3. The van der Waals surface area contributed by atoms with Crippen molar-refractivity contribution in [1.29, 1.82) is 0 Å². The molecule has 1 unspecified atom stereocenters. The summed E-state index contributed by atoms with van der Waals surface area (Å²) >= 11 is 0. The molecule has 5 nitrogen and oxygen atoms in total. The molecule has 1 saturated heterocycles. The highest BCUT2D eigenvalue weighted by Gasteiger charge is 2.22. The number of ether oxygens (including phenoxy) is 1. The molecule has 1 fully saturated rings. The first-order valence-electron chi connectivity index (χ1n) is 6.04. The summed E-state index contributed by atoms with van der Waals surface area (Å²) in [4.78, 5) is 23.2. The quantitative estimate of drug-likeness (QED) is 0.809. The number of benzene rings is 1. The Balaban J connectivity index is 2.12. The number of carbonyl (C=O) groups excluding carboxylic acids is 2. The summed E-state index contributed by atoms with van der Waals surface area (Å²) in [5, 5.41) is 5.71. The number of anilines is 1. The molecule has 0 radical (unpaired) electrons. The molecule has 19 heavy (non-hydrogen) atoms. The Morgan fingerprint density at radius 3 is 2.89 bits per heavy atom. The highest BCUT2D eigenvalue weighted by molar-refractivity contribution is 5.97. The lowest BCUT2D eigenvalue weighted by Gasteiger charge is -2.12. The zero-order chi connectivity index (χ0) is 13.8. The summed E-state index contributed by atoms with van der Waals surface area (Å²) in [5.74, 6) is -1.63. The summed E-state index contributed by atoms with van der Waals surface area (Å²) in [6, 6.07) is 3.58. The van der Waals surface area contributed by atoms with Crippen molar-refractivity contribution in [2.24, 2.45) is 0 Å². The molecular weight excluding hydrogens is 251 g/mol. The van der Waals surface area contributed by atoms with Gasteiger partial charge >= 0.3 is 5.97 Å². The molecule has 0 spiro atoms. The number of hydrogen-bond acceptors (Lipinski definition) is 4. The fourth-order valence-electron chi connectivity index (χ4n) is 2.01. The zero-order valence-electron chi connectivity index (χ0n) is 10.5. The Kier molecular flexibility index (Phi) is 4.11. The summed E-state index contributed by atoms with van der Waals surface area (Å²) in [7, 11) is 1.18. The molecule has 1 aliphatic heterocycles. The van der Waals surface area contributed by atoms with E-state index in [0.29, 0.717) is 5.69 Å². The van der Waals surface area contributed by atoms with Crippen LogP contribution in [0.15, 0.2) is 18.2 Å². The molecule has 0 saturated carbocycles. The van der Waals surface area contributed by atoms with Crippen molar-refractivity contribution in [3.05, 3.63) is 29.6 Å². The highest BCUT2D eigenvalue weighted by Crippen LogP contribution is 2.17. The smallest absolute Gasteiger partial charge is 0.340 e. The van der Waals surface area contributed by atoms with Crippen LogP contribution in [0.1, 0.15) is 23.2 Å². The normalized spacial score (nSPS) is 18.1. The molecule has 1 amide bonds. The molecule has 1 heterocycles. The molecule has 1 aromatic rings. The molecule has 2 N–H and O–H groups in total. The highest BCUT2D eigenvalue weighted by atomic mass is 19.1. The van der Waals surface area contributed by atoms with Crippen LogP contribution in [0.4, 0.5) is 10.1 Å². The lowest BCUT2D eigenvalue weighted by Crippen LogP contribution is -2.35. The molecule has 102 valence electrons. The Labute approximate surface area is 110 Å². The fourth-order valence-corrected chi connectivity index (χ4v) is 2.01. The summed E-state index contributed by atoms with van der Waals surface area (Å²) in [6.07, 6.45) is 1.73. The standard InChI is InChI=1S/C13H15FN2O3/c1-19-13(18)9-7-8(4-5-10(9)14)16-12(17)11-3-2-6-15-11/h4-5,7,11,15H,2-3,6H2,1H3,(H,16,17). The lowest BCUT2D eigenvalue weighted by molar-refractivity contribution is -0.117. The Bertz CT molecular complexity index is 499. The van der Waals surface area contributed by atoms with E-state index in [1.54, 1.807) is 0 Å². The van der Waals surface area contributed by atoms with Crippen LogP contribution < -0.4 is 10.6 Å². The number of nitrogens with one attached hydrogen (secondary N) is 2. The van der Waals surface area contributed by atoms with Crippen LogP contribution in [0, 0.1) is 5.82 Å². The monoisotopic (exact) mass is 266 g/mol. The fraction of sp³-hybridized carbons (Fsp3) is 0.385. The summed E-state index contributed by atoms with van der Waals surface area (Å²) < 4.78 is 17.9. The van der Waals surface area contributed by atoms with E-state index >= 15 is 0 Å². The second-order valence-corrected chi connectivity index (χ2v) is 4.32. The molecule has 1 aliphatic rings. The van der Waals surface area contributed by atoms with Gasteiger partial charge in [0.2, 0.25) is 5.91 Å². The maximum absolute atomic E-state index is 13.4. The van der Waals surface area contributed by atoms with Gasteiger partial charge in [-0.05, 0) is 37.6 Å². The van der Waals surface area contributed by atoms with Gasteiger partial charge in [0, 0.05) is 5.69 Å². The van der Waals surface area contributed by atoms with Gasteiger partial charge in [-0.2, -0.15) is 0 Å². The van der Waals surface area contributed by atoms with Crippen LogP contribution in [0.25, 0.3) is 0 Å². The second-order valence-electron chi connectivity index (χ2n) is 4.32. The Morgan fingerprint density at radius 1 is 1.47 bits per heavy atom. The molecule has 0 bridgehead atoms. The largest absolute Gasteiger partial charge is 0.465 e. The van der Waals surface area contributed by atoms with Crippen molar-refractivity contribution in [3.63, 3.8) is 0 Å². The number of amides is 1. The third-order valence-corrected chi connectivity index (χ3v) is 3.02. The van der Waals surface area contributed by atoms with Crippen molar-refractivity contribution in [2.45, 2.75) is 18.9 Å². The zero-order valence-corrected chi connectivity index (χ0v) is 10.5. The average molecular weight is 266 g/mol. The predicted molar refractivity (Wildman–Crippen MR) is 67.4 cm³/mol. The van der Waals surface area contributed by atoms with E-state index in [0.717, 1.165) is 25.5 Å². The Hall–Kier alpha value is -1.95. The van der Waals surface area contributed by atoms with Gasteiger partial charge in [0.05, 0.1) is 18.7 Å². The maximum atomic E-state index is 13.4. The first kappa shape index (κ1) is 13.5. The van der Waals surface area contributed by atoms with Gasteiger partial charge in [-0.15, -0.1) is 0 Å². The van der Waals surface area contributed by atoms with Gasteiger partial charge in [-0.3, -0.25) is 4.79 Å². The molecule has 0 aromatic heterocycles. The SMILES string of the molecule is COC(=O)c1cc(NC(=O)C2CCCN2)ccc1F.